The lowest BCUT2D eigenvalue weighted by Crippen LogP contribution is -2.28. The summed E-state index contributed by atoms with van der Waals surface area (Å²) in [4.78, 5) is 4.25. The Morgan fingerprint density at radius 1 is 1.47 bits per heavy atom. The van der Waals surface area contributed by atoms with Crippen LogP contribution < -0.4 is 11.1 Å². The number of aromatic nitrogens is 1. The van der Waals surface area contributed by atoms with Crippen molar-refractivity contribution in [3.05, 3.63) is 16.7 Å². The number of pyridine rings is 1. The van der Waals surface area contributed by atoms with E-state index in [1.54, 1.807) is 6.20 Å². The maximum atomic E-state index is 5.85. The second-order valence-corrected chi connectivity index (χ2v) is 4.54. The molecule has 5 heteroatoms. The van der Waals surface area contributed by atoms with E-state index in [1.165, 1.54) is 0 Å². The topological polar surface area (TPSA) is 60.2 Å². The highest BCUT2D eigenvalue weighted by molar-refractivity contribution is 9.10. The molecule has 1 fully saturated rings. The molecule has 82 valence electrons. The number of hydrogen-bond donors (Lipinski definition) is 2. The molecule has 1 saturated heterocycles. The lowest BCUT2D eigenvalue weighted by atomic mass is 10.1. The molecule has 1 aliphatic rings. The first-order valence-corrected chi connectivity index (χ1v) is 5.80. The number of nitrogen functional groups attached to an aromatic ring is 1. The van der Waals surface area contributed by atoms with E-state index >= 15 is 0 Å². The third-order valence-corrected chi connectivity index (χ3v) is 2.88. The zero-order chi connectivity index (χ0) is 10.7. The van der Waals surface area contributed by atoms with Crippen LogP contribution in [0.4, 0.5) is 11.5 Å². The van der Waals surface area contributed by atoms with Crippen molar-refractivity contribution in [3.8, 4) is 0 Å². The van der Waals surface area contributed by atoms with Crippen molar-refractivity contribution in [2.24, 2.45) is 0 Å². The van der Waals surface area contributed by atoms with Gasteiger partial charge in [0, 0.05) is 29.9 Å². The lowest BCUT2D eigenvalue weighted by Gasteiger charge is -2.24. The number of ether oxygens (including phenoxy) is 1. The van der Waals surface area contributed by atoms with E-state index < -0.39 is 0 Å². The standard InChI is InChI=1S/C10H14BrN3O/c11-7-5-9(12)10(13-6-7)14-8-1-3-15-4-2-8/h5-6,8H,1-4,12H2,(H,13,14). The Kier molecular flexibility index (Phi) is 3.43. The summed E-state index contributed by atoms with van der Waals surface area (Å²) in [5.74, 6) is 0.769. The number of halogens is 1. The van der Waals surface area contributed by atoms with Crippen LogP contribution in [0.1, 0.15) is 12.8 Å². The second-order valence-electron chi connectivity index (χ2n) is 3.62. The van der Waals surface area contributed by atoms with Crippen molar-refractivity contribution in [2.45, 2.75) is 18.9 Å². The molecule has 1 aromatic heterocycles. The zero-order valence-corrected chi connectivity index (χ0v) is 9.96. The van der Waals surface area contributed by atoms with Crippen LogP contribution in [0.2, 0.25) is 0 Å². The Labute approximate surface area is 97.3 Å². The summed E-state index contributed by atoms with van der Waals surface area (Å²) in [5.41, 5.74) is 6.53. The van der Waals surface area contributed by atoms with Crippen molar-refractivity contribution in [1.82, 2.24) is 4.98 Å². The highest BCUT2D eigenvalue weighted by Gasteiger charge is 2.14. The van der Waals surface area contributed by atoms with Crippen molar-refractivity contribution < 1.29 is 4.74 Å². The minimum Gasteiger partial charge on any atom is -0.396 e. The third kappa shape index (κ3) is 2.82. The summed E-state index contributed by atoms with van der Waals surface area (Å²) in [6.07, 6.45) is 3.77. The maximum Gasteiger partial charge on any atom is 0.149 e. The molecular weight excluding hydrogens is 258 g/mol. The first-order valence-electron chi connectivity index (χ1n) is 5.01. The van der Waals surface area contributed by atoms with E-state index in [2.05, 4.69) is 26.2 Å². The van der Waals surface area contributed by atoms with Crippen LogP contribution in [-0.2, 0) is 4.74 Å². The number of hydrogen-bond acceptors (Lipinski definition) is 4. The van der Waals surface area contributed by atoms with Crippen LogP contribution in [-0.4, -0.2) is 24.2 Å². The molecule has 0 radical (unpaired) electrons. The fourth-order valence-corrected chi connectivity index (χ4v) is 1.96. The van der Waals surface area contributed by atoms with Gasteiger partial charge in [0.2, 0.25) is 0 Å². The average Bonchev–Trinajstić information content (AvgIpc) is 2.24. The molecule has 0 aliphatic carbocycles. The molecule has 1 aliphatic heterocycles. The molecule has 4 nitrogen and oxygen atoms in total. The minimum atomic E-state index is 0.426. The molecule has 3 N–H and O–H groups in total. The molecule has 2 rings (SSSR count). The number of nitrogens with zero attached hydrogens (tertiary/aromatic N) is 1. The van der Waals surface area contributed by atoms with Crippen molar-refractivity contribution in [3.63, 3.8) is 0 Å². The molecule has 0 spiro atoms. The largest absolute Gasteiger partial charge is 0.396 e. The van der Waals surface area contributed by atoms with Gasteiger partial charge in [-0.05, 0) is 34.8 Å². The van der Waals surface area contributed by atoms with E-state index in [0.717, 1.165) is 36.3 Å². The molecule has 0 saturated carbocycles. The first kappa shape index (κ1) is 10.7. The minimum absolute atomic E-state index is 0.426. The van der Waals surface area contributed by atoms with Gasteiger partial charge in [-0.25, -0.2) is 4.98 Å². The number of nitrogens with one attached hydrogen (secondary N) is 1. The summed E-state index contributed by atoms with van der Waals surface area (Å²) >= 11 is 3.33. The summed E-state index contributed by atoms with van der Waals surface area (Å²) in [6.45, 7) is 1.63. The van der Waals surface area contributed by atoms with Crippen LogP contribution >= 0.6 is 15.9 Å². The molecule has 0 amide bonds. The van der Waals surface area contributed by atoms with E-state index in [0.29, 0.717) is 11.7 Å². The van der Waals surface area contributed by atoms with Crippen molar-refractivity contribution in [2.75, 3.05) is 24.3 Å². The average molecular weight is 272 g/mol. The summed E-state index contributed by atoms with van der Waals surface area (Å²) in [5, 5.41) is 3.34. The summed E-state index contributed by atoms with van der Waals surface area (Å²) < 4.78 is 6.19. The van der Waals surface area contributed by atoms with Gasteiger partial charge in [0.1, 0.15) is 5.82 Å². The van der Waals surface area contributed by atoms with Crippen molar-refractivity contribution in [1.29, 1.82) is 0 Å². The zero-order valence-electron chi connectivity index (χ0n) is 8.37. The predicted octanol–water partition coefficient (Wildman–Crippen LogP) is 2.02. The second kappa shape index (κ2) is 4.81. The molecule has 2 heterocycles. The molecule has 1 aromatic rings. The lowest BCUT2D eigenvalue weighted by molar-refractivity contribution is 0.0904. The van der Waals surface area contributed by atoms with Gasteiger partial charge < -0.3 is 15.8 Å². The van der Waals surface area contributed by atoms with Crippen molar-refractivity contribution >= 4 is 27.4 Å². The fourth-order valence-electron chi connectivity index (χ4n) is 1.61. The fraction of sp³-hybridized carbons (Fsp3) is 0.500. The van der Waals surface area contributed by atoms with Gasteiger partial charge >= 0.3 is 0 Å². The Morgan fingerprint density at radius 2 is 2.20 bits per heavy atom. The van der Waals surface area contributed by atoms with Gasteiger partial charge in [-0.1, -0.05) is 0 Å². The SMILES string of the molecule is Nc1cc(Br)cnc1NC1CCOCC1. The van der Waals surface area contributed by atoms with Gasteiger partial charge in [0.25, 0.3) is 0 Å². The predicted molar refractivity (Wildman–Crippen MR) is 63.8 cm³/mol. The molecule has 0 bridgehead atoms. The van der Waals surface area contributed by atoms with Crippen LogP contribution in [0.15, 0.2) is 16.7 Å². The van der Waals surface area contributed by atoms with Gasteiger partial charge in [-0.3, -0.25) is 0 Å². The van der Waals surface area contributed by atoms with Gasteiger partial charge in [-0.15, -0.1) is 0 Å². The normalized spacial score (nSPS) is 17.7. The maximum absolute atomic E-state index is 5.85. The first-order chi connectivity index (χ1) is 7.25. The Bertz CT molecular complexity index is 339. The van der Waals surface area contributed by atoms with Crippen LogP contribution in [0.25, 0.3) is 0 Å². The van der Waals surface area contributed by atoms with E-state index in [9.17, 15) is 0 Å². The molecule has 0 unspecified atom stereocenters. The Balaban J connectivity index is 2.03. The van der Waals surface area contributed by atoms with E-state index in [4.69, 9.17) is 10.5 Å². The van der Waals surface area contributed by atoms with E-state index in [-0.39, 0.29) is 0 Å². The Morgan fingerprint density at radius 3 is 2.87 bits per heavy atom. The summed E-state index contributed by atoms with van der Waals surface area (Å²) in [7, 11) is 0. The molecule has 0 atom stereocenters. The van der Waals surface area contributed by atoms with Crippen LogP contribution in [0.3, 0.4) is 0 Å². The van der Waals surface area contributed by atoms with Crippen LogP contribution in [0.5, 0.6) is 0 Å². The highest BCUT2D eigenvalue weighted by Crippen LogP contribution is 2.22. The number of nitrogens with two attached hydrogens (primary N) is 1. The number of rotatable bonds is 2. The van der Waals surface area contributed by atoms with E-state index in [1.807, 2.05) is 6.07 Å². The third-order valence-electron chi connectivity index (χ3n) is 2.45. The molecular formula is C10H14BrN3O. The number of anilines is 2. The van der Waals surface area contributed by atoms with Gasteiger partial charge in [-0.2, -0.15) is 0 Å². The van der Waals surface area contributed by atoms with Gasteiger partial charge in [0.05, 0.1) is 5.69 Å². The van der Waals surface area contributed by atoms with Gasteiger partial charge in [0.15, 0.2) is 0 Å². The highest BCUT2D eigenvalue weighted by atomic mass is 79.9. The summed E-state index contributed by atoms with van der Waals surface area (Å²) in [6, 6.07) is 2.28. The quantitative estimate of drug-likeness (QED) is 0.864. The van der Waals surface area contributed by atoms with Crippen LogP contribution in [0, 0.1) is 0 Å². The molecule has 0 aromatic carbocycles. The Hall–Kier alpha value is -0.810. The monoisotopic (exact) mass is 271 g/mol. The smallest absolute Gasteiger partial charge is 0.149 e. The molecule has 15 heavy (non-hydrogen) atoms.